The topological polar surface area (TPSA) is 54.7 Å². The molecule has 2 aromatic heterocycles. The molecule has 0 N–H and O–H groups in total. The molecular formula is C18H17N3O2S. The number of amides is 1. The van der Waals surface area contributed by atoms with Crippen molar-refractivity contribution in [3.8, 4) is 0 Å². The van der Waals surface area contributed by atoms with Gasteiger partial charge in [-0.15, -0.1) is 17.9 Å². The average molecular weight is 339 g/mol. The van der Waals surface area contributed by atoms with Crippen LogP contribution in [0, 0.1) is 13.8 Å². The molecule has 2 heterocycles. The monoisotopic (exact) mass is 339 g/mol. The maximum Gasteiger partial charge on any atom is 0.271 e. The largest absolute Gasteiger partial charge is 0.304 e. The highest BCUT2D eigenvalue weighted by Gasteiger charge is 2.22. The second-order valence-electron chi connectivity index (χ2n) is 5.38. The van der Waals surface area contributed by atoms with Crippen molar-refractivity contribution in [2.24, 2.45) is 0 Å². The fourth-order valence-corrected chi connectivity index (χ4v) is 3.44. The molecule has 0 aliphatic carbocycles. The van der Waals surface area contributed by atoms with Gasteiger partial charge in [0.2, 0.25) is 0 Å². The number of nitrogens with zero attached hydrogens (tertiary/aromatic N) is 3. The summed E-state index contributed by atoms with van der Waals surface area (Å²) >= 11 is 1.44. The van der Waals surface area contributed by atoms with Crippen molar-refractivity contribution >= 4 is 27.9 Å². The standard InChI is InChI=1S/C18H17N3O2S/c1-4-10-20(14-8-6-5-7-9-14)16(22)15-11-19-18-21(17(15)23)12(2)13(3)24-18/h4-9,11H,1,10H2,2-3H3. The summed E-state index contributed by atoms with van der Waals surface area (Å²) < 4.78 is 1.50. The number of fused-ring (bicyclic) bond motifs is 1. The maximum atomic E-state index is 12.9. The summed E-state index contributed by atoms with van der Waals surface area (Å²) in [5.74, 6) is -0.378. The van der Waals surface area contributed by atoms with E-state index in [9.17, 15) is 9.59 Å². The quantitative estimate of drug-likeness (QED) is 0.686. The minimum absolute atomic E-state index is 0.0547. The van der Waals surface area contributed by atoms with Gasteiger partial charge in [-0.25, -0.2) is 4.98 Å². The van der Waals surface area contributed by atoms with Crippen LogP contribution in [0.1, 0.15) is 20.9 Å². The van der Waals surface area contributed by atoms with Crippen molar-refractivity contribution in [3.63, 3.8) is 0 Å². The lowest BCUT2D eigenvalue weighted by molar-refractivity contribution is 0.0988. The number of benzene rings is 1. The molecule has 0 saturated carbocycles. The molecule has 3 rings (SSSR count). The molecule has 0 aliphatic heterocycles. The number of para-hydroxylation sites is 1. The fraction of sp³-hybridized carbons (Fsp3) is 0.167. The third-order valence-corrected chi connectivity index (χ3v) is 4.95. The molecule has 3 aromatic rings. The second-order valence-corrected chi connectivity index (χ2v) is 6.56. The Morgan fingerprint density at radius 1 is 1.33 bits per heavy atom. The van der Waals surface area contributed by atoms with Gasteiger partial charge in [0.15, 0.2) is 4.96 Å². The van der Waals surface area contributed by atoms with Gasteiger partial charge in [0.1, 0.15) is 5.56 Å². The van der Waals surface area contributed by atoms with Gasteiger partial charge >= 0.3 is 0 Å². The van der Waals surface area contributed by atoms with Gasteiger partial charge in [0, 0.05) is 29.0 Å². The van der Waals surface area contributed by atoms with Gasteiger partial charge in [-0.2, -0.15) is 0 Å². The third kappa shape index (κ3) is 2.65. The minimum atomic E-state index is -0.378. The number of carbonyl (C=O) groups is 1. The summed E-state index contributed by atoms with van der Waals surface area (Å²) in [5, 5.41) is 0. The highest BCUT2D eigenvalue weighted by Crippen LogP contribution is 2.20. The molecule has 1 aromatic carbocycles. The first-order chi connectivity index (χ1) is 11.5. The smallest absolute Gasteiger partial charge is 0.271 e. The zero-order valence-corrected chi connectivity index (χ0v) is 14.3. The Labute approximate surface area is 143 Å². The van der Waals surface area contributed by atoms with Gasteiger partial charge in [0.25, 0.3) is 11.5 Å². The highest BCUT2D eigenvalue weighted by molar-refractivity contribution is 7.17. The zero-order valence-electron chi connectivity index (χ0n) is 13.5. The molecule has 0 saturated heterocycles. The number of carbonyl (C=O) groups excluding carboxylic acids is 1. The number of rotatable bonds is 4. The van der Waals surface area contributed by atoms with E-state index in [0.717, 1.165) is 10.6 Å². The summed E-state index contributed by atoms with van der Waals surface area (Å²) in [6.07, 6.45) is 3.00. The van der Waals surface area contributed by atoms with Crippen LogP contribution in [0.5, 0.6) is 0 Å². The molecule has 0 atom stereocenters. The Balaban J connectivity index is 2.13. The van der Waals surface area contributed by atoms with E-state index in [-0.39, 0.29) is 17.0 Å². The molecule has 0 fully saturated rings. The normalized spacial score (nSPS) is 10.8. The van der Waals surface area contributed by atoms with E-state index in [1.807, 2.05) is 44.2 Å². The van der Waals surface area contributed by atoms with Crippen LogP contribution in [-0.2, 0) is 0 Å². The first kappa shape index (κ1) is 16.1. The first-order valence-corrected chi connectivity index (χ1v) is 8.31. The molecule has 0 bridgehead atoms. The Morgan fingerprint density at radius 3 is 2.71 bits per heavy atom. The summed E-state index contributed by atoms with van der Waals surface area (Å²) in [5.41, 5.74) is 1.25. The van der Waals surface area contributed by atoms with Crippen LogP contribution >= 0.6 is 11.3 Å². The van der Waals surface area contributed by atoms with Crippen LogP contribution in [0.25, 0.3) is 4.96 Å². The van der Waals surface area contributed by atoms with Gasteiger partial charge < -0.3 is 4.90 Å². The summed E-state index contributed by atoms with van der Waals surface area (Å²) in [6.45, 7) is 7.80. The molecule has 0 spiro atoms. The molecule has 0 radical (unpaired) electrons. The molecule has 24 heavy (non-hydrogen) atoms. The zero-order chi connectivity index (χ0) is 17.3. The lowest BCUT2D eigenvalue weighted by Crippen LogP contribution is -2.36. The van der Waals surface area contributed by atoms with Crippen LogP contribution in [0.15, 0.2) is 54.0 Å². The third-order valence-electron chi connectivity index (χ3n) is 3.87. The van der Waals surface area contributed by atoms with Crippen LogP contribution in [0.4, 0.5) is 5.69 Å². The maximum absolute atomic E-state index is 12.9. The van der Waals surface area contributed by atoms with E-state index in [2.05, 4.69) is 11.6 Å². The number of aryl methyl sites for hydroxylation is 2. The Morgan fingerprint density at radius 2 is 2.04 bits per heavy atom. The van der Waals surface area contributed by atoms with Gasteiger partial charge in [-0.3, -0.25) is 14.0 Å². The van der Waals surface area contributed by atoms with Crippen LogP contribution in [-0.4, -0.2) is 21.8 Å². The first-order valence-electron chi connectivity index (χ1n) is 7.50. The van der Waals surface area contributed by atoms with Crippen LogP contribution in [0.3, 0.4) is 0 Å². The number of thiazole rings is 1. The van der Waals surface area contributed by atoms with E-state index in [1.54, 1.807) is 6.08 Å². The molecule has 5 nitrogen and oxygen atoms in total. The van der Waals surface area contributed by atoms with Crippen molar-refractivity contribution in [3.05, 3.63) is 75.7 Å². The molecule has 0 unspecified atom stereocenters. The van der Waals surface area contributed by atoms with E-state index in [4.69, 9.17) is 0 Å². The summed E-state index contributed by atoms with van der Waals surface area (Å²) in [6, 6.07) is 9.22. The van der Waals surface area contributed by atoms with Gasteiger partial charge in [0.05, 0.1) is 0 Å². The number of anilines is 1. The van der Waals surface area contributed by atoms with E-state index in [0.29, 0.717) is 17.2 Å². The van der Waals surface area contributed by atoms with Crippen molar-refractivity contribution in [2.45, 2.75) is 13.8 Å². The van der Waals surface area contributed by atoms with Crippen molar-refractivity contribution in [1.82, 2.24) is 9.38 Å². The van der Waals surface area contributed by atoms with Crippen LogP contribution < -0.4 is 10.5 Å². The molecule has 0 aliphatic rings. The summed E-state index contributed by atoms with van der Waals surface area (Å²) in [4.78, 5) is 33.2. The molecular weight excluding hydrogens is 322 g/mol. The van der Waals surface area contributed by atoms with Crippen molar-refractivity contribution in [1.29, 1.82) is 0 Å². The predicted octanol–water partition coefficient (Wildman–Crippen LogP) is 3.21. The van der Waals surface area contributed by atoms with E-state index >= 15 is 0 Å². The SMILES string of the molecule is C=CCN(C(=O)c1cnc2sc(C)c(C)n2c1=O)c1ccccc1. The van der Waals surface area contributed by atoms with Gasteiger partial charge in [-0.05, 0) is 26.0 Å². The van der Waals surface area contributed by atoms with E-state index in [1.165, 1.54) is 26.8 Å². The van der Waals surface area contributed by atoms with Crippen LogP contribution in [0.2, 0.25) is 0 Å². The lowest BCUT2D eigenvalue weighted by Gasteiger charge is -2.20. The molecule has 122 valence electrons. The Hall–Kier alpha value is -2.73. The minimum Gasteiger partial charge on any atom is -0.304 e. The van der Waals surface area contributed by atoms with Gasteiger partial charge in [-0.1, -0.05) is 24.3 Å². The molecule has 6 heteroatoms. The van der Waals surface area contributed by atoms with Crippen molar-refractivity contribution < 1.29 is 4.79 Å². The Kier molecular flexibility index (Phi) is 4.31. The number of hydrogen-bond donors (Lipinski definition) is 0. The average Bonchev–Trinajstić information content (AvgIpc) is 2.88. The fourth-order valence-electron chi connectivity index (χ4n) is 2.51. The van der Waals surface area contributed by atoms with E-state index < -0.39 is 0 Å². The number of hydrogen-bond acceptors (Lipinski definition) is 4. The van der Waals surface area contributed by atoms with Crippen molar-refractivity contribution in [2.75, 3.05) is 11.4 Å². The second kappa shape index (κ2) is 6.41. The Bertz CT molecular complexity index is 973. The molecule has 1 amide bonds. The highest BCUT2D eigenvalue weighted by atomic mass is 32.1. The number of aromatic nitrogens is 2. The lowest BCUT2D eigenvalue weighted by atomic mass is 10.2. The predicted molar refractivity (Wildman–Crippen MR) is 97.1 cm³/mol. The summed E-state index contributed by atoms with van der Waals surface area (Å²) in [7, 11) is 0.